The number of rotatable bonds is 6. The average Bonchev–Trinajstić information content (AvgIpc) is 2.90. The Morgan fingerprint density at radius 1 is 1.27 bits per heavy atom. The predicted octanol–water partition coefficient (Wildman–Crippen LogP) is 2.90. The van der Waals surface area contributed by atoms with E-state index in [4.69, 9.17) is 22.7 Å². The SMILES string of the molecule is COc1ccccc1Nn1c(N)nn(CC(=O)c2ccccc2F)c1=S. The van der Waals surface area contributed by atoms with Gasteiger partial charge >= 0.3 is 0 Å². The Morgan fingerprint density at radius 3 is 2.69 bits per heavy atom. The summed E-state index contributed by atoms with van der Waals surface area (Å²) in [6.45, 7) is -0.232. The number of carbonyl (C=O) groups is 1. The van der Waals surface area contributed by atoms with Gasteiger partial charge in [-0.15, -0.1) is 5.10 Å². The molecule has 0 amide bonds. The van der Waals surface area contributed by atoms with Crippen LogP contribution in [0, 0.1) is 10.6 Å². The van der Waals surface area contributed by atoms with Gasteiger partial charge in [0.1, 0.15) is 18.1 Å². The van der Waals surface area contributed by atoms with Crippen molar-refractivity contribution in [3.05, 3.63) is 64.7 Å². The number of anilines is 2. The van der Waals surface area contributed by atoms with Crippen molar-refractivity contribution in [3.8, 4) is 5.75 Å². The number of ether oxygens (including phenoxy) is 1. The molecule has 0 saturated carbocycles. The molecule has 1 heterocycles. The molecule has 0 saturated heterocycles. The number of halogens is 1. The number of aromatic nitrogens is 3. The number of methoxy groups -OCH3 is 1. The smallest absolute Gasteiger partial charge is 0.240 e. The van der Waals surface area contributed by atoms with Crippen molar-refractivity contribution in [2.75, 3.05) is 18.3 Å². The molecule has 0 aliphatic carbocycles. The number of nitrogens with zero attached hydrogens (tertiary/aromatic N) is 3. The molecule has 1 aromatic heterocycles. The average molecular weight is 373 g/mol. The molecule has 0 spiro atoms. The number of carbonyl (C=O) groups excluding carboxylic acids is 1. The summed E-state index contributed by atoms with van der Waals surface area (Å²) in [4.78, 5) is 12.3. The van der Waals surface area contributed by atoms with E-state index in [9.17, 15) is 9.18 Å². The zero-order valence-corrected chi connectivity index (χ0v) is 14.7. The molecule has 0 unspecified atom stereocenters. The van der Waals surface area contributed by atoms with Gasteiger partial charge in [-0.1, -0.05) is 24.3 Å². The Hall–Kier alpha value is -3.20. The van der Waals surface area contributed by atoms with Crippen LogP contribution in [0.25, 0.3) is 0 Å². The third kappa shape index (κ3) is 3.42. The standard InChI is InChI=1S/C17H16FN5O2S/c1-25-15-9-5-4-8-13(15)20-23-16(19)21-22(17(23)26)10-14(24)11-6-2-3-7-12(11)18/h2-9,20H,10H2,1H3,(H2,19,21). The Morgan fingerprint density at radius 2 is 1.96 bits per heavy atom. The molecular weight excluding hydrogens is 357 g/mol. The zero-order chi connectivity index (χ0) is 18.7. The summed E-state index contributed by atoms with van der Waals surface area (Å²) in [6.07, 6.45) is 0. The lowest BCUT2D eigenvalue weighted by Crippen LogP contribution is -2.15. The monoisotopic (exact) mass is 373 g/mol. The number of hydrogen-bond donors (Lipinski definition) is 2. The van der Waals surface area contributed by atoms with Crippen LogP contribution in [0.5, 0.6) is 5.75 Å². The normalized spacial score (nSPS) is 10.5. The van der Waals surface area contributed by atoms with E-state index < -0.39 is 11.6 Å². The first-order valence-corrected chi connectivity index (χ1v) is 8.05. The molecule has 0 aliphatic rings. The van der Waals surface area contributed by atoms with Crippen molar-refractivity contribution >= 4 is 29.6 Å². The fourth-order valence-corrected chi connectivity index (χ4v) is 2.64. The third-order valence-corrected chi connectivity index (χ3v) is 4.06. The Bertz CT molecular complexity index is 1010. The Kier molecular flexibility index (Phi) is 4.99. The molecule has 3 aromatic rings. The van der Waals surface area contributed by atoms with Crippen LogP contribution in [0.4, 0.5) is 16.0 Å². The lowest BCUT2D eigenvalue weighted by molar-refractivity contribution is 0.0963. The summed E-state index contributed by atoms with van der Waals surface area (Å²) in [6, 6.07) is 12.9. The molecule has 3 N–H and O–H groups in total. The minimum atomic E-state index is -0.594. The maximum absolute atomic E-state index is 13.8. The molecule has 0 radical (unpaired) electrons. The minimum Gasteiger partial charge on any atom is -0.495 e. The van der Waals surface area contributed by atoms with E-state index >= 15 is 0 Å². The van der Waals surface area contributed by atoms with Crippen LogP contribution in [-0.4, -0.2) is 27.3 Å². The zero-order valence-electron chi connectivity index (χ0n) is 13.8. The van der Waals surface area contributed by atoms with Crippen molar-refractivity contribution in [3.63, 3.8) is 0 Å². The van der Waals surface area contributed by atoms with Gasteiger partial charge in [0.15, 0.2) is 5.78 Å². The van der Waals surface area contributed by atoms with Crippen LogP contribution in [0.3, 0.4) is 0 Å². The number of nitrogens with one attached hydrogen (secondary N) is 1. The van der Waals surface area contributed by atoms with Crippen LogP contribution in [0.1, 0.15) is 10.4 Å². The summed E-state index contributed by atoms with van der Waals surface area (Å²) in [5.74, 6) is -0.407. The van der Waals surface area contributed by atoms with Crippen molar-refractivity contribution < 1.29 is 13.9 Å². The first kappa shape index (κ1) is 17.6. The van der Waals surface area contributed by atoms with Crippen LogP contribution < -0.4 is 15.9 Å². The van der Waals surface area contributed by atoms with Gasteiger partial charge in [0, 0.05) is 0 Å². The van der Waals surface area contributed by atoms with E-state index in [-0.39, 0.29) is 22.8 Å². The summed E-state index contributed by atoms with van der Waals surface area (Å²) >= 11 is 5.33. The summed E-state index contributed by atoms with van der Waals surface area (Å²) in [5, 5.41) is 4.06. The Labute approximate surface area is 153 Å². The van der Waals surface area contributed by atoms with E-state index in [1.807, 2.05) is 12.1 Å². The Balaban J connectivity index is 1.88. The second-order valence-electron chi connectivity index (χ2n) is 5.35. The lowest BCUT2D eigenvalue weighted by atomic mass is 10.1. The number of benzene rings is 2. The van der Waals surface area contributed by atoms with E-state index in [2.05, 4.69) is 10.5 Å². The molecular formula is C17H16FN5O2S. The van der Waals surface area contributed by atoms with E-state index in [0.29, 0.717) is 11.4 Å². The predicted molar refractivity (Wildman–Crippen MR) is 98.2 cm³/mol. The maximum Gasteiger partial charge on any atom is 0.240 e. The molecule has 26 heavy (non-hydrogen) atoms. The van der Waals surface area contributed by atoms with Crippen molar-refractivity contribution in [1.29, 1.82) is 0 Å². The summed E-state index contributed by atoms with van der Waals surface area (Å²) in [5.41, 5.74) is 9.50. The van der Waals surface area contributed by atoms with Gasteiger partial charge in [-0.2, -0.15) is 4.68 Å². The van der Waals surface area contributed by atoms with Crippen LogP contribution in [0.2, 0.25) is 0 Å². The van der Waals surface area contributed by atoms with Gasteiger partial charge < -0.3 is 10.5 Å². The molecule has 0 aliphatic heterocycles. The summed E-state index contributed by atoms with van der Waals surface area (Å²) in [7, 11) is 1.54. The highest BCUT2D eigenvalue weighted by Crippen LogP contribution is 2.24. The second kappa shape index (κ2) is 7.36. The highest BCUT2D eigenvalue weighted by Gasteiger charge is 2.16. The number of hydrogen-bond acceptors (Lipinski definition) is 6. The largest absolute Gasteiger partial charge is 0.495 e. The van der Waals surface area contributed by atoms with Gasteiger partial charge in [0.05, 0.1) is 18.4 Å². The van der Waals surface area contributed by atoms with Crippen LogP contribution in [0.15, 0.2) is 48.5 Å². The van der Waals surface area contributed by atoms with Gasteiger partial charge in [-0.25, -0.2) is 9.07 Å². The first-order valence-electron chi connectivity index (χ1n) is 7.64. The fraction of sp³-hybridized carbons (Fsp3) is 0.118. The number of nitrogen functional groups attached to an aromatic ring is 1. The molecule has 9 heteroatoms. The molecule has 134 valence electrons. The molecule has 0 bridgehead atoms. The highest BCUT2D eigenvalue weighted by molar-refractivity contribution is 7.71. The molecule has 7 nitrogen and oxygen atoms in total. The quantitative estimate of drug-likeness (QED) is 0.510. The second-order valence-corrected chi connectivity index (χ2v) is 5.71. The first-order chi connectivity index (χ1) is 12.5. The highest BCUT2D eigenvalue weighted by atomic mass is 32.1. The van der Waals surface area contributed by atoms with Gasteiger partial charge in [-0.05, 0) is 36.5 Å². The number of nitrogens with two attached hydrogens (primary N) is 1. The van der Waals surface area contributed by atoms with E-state index in [1.165, 1.54) is 27.6 Å². The van der Waals surface area contributed by atoms with Gasteiger partial charge in [0.2, 0.25) is 10.7 Å². The van der Waals surface area contributed by atoms with E-state index in [0.717, 1.165) is 0 Å². The molecule has 0 fully saturated rings. The number of ketones is 1. The maximum atomic E-state index is 13.8. The topological polar surface area (TPSA) is 87.1 Å². The van der Waals surface area contributed by atoms with Gasteiger partial charge in [0.25, 0.3) is 0 Å². The third-order valence-electron chi connectivity index (χ3n) is 3.67. The van der Waals surface area contributed by atoms with Crippen LogP contribution in [-0.2, 0) is 6.54 Å². The molecule has 0 atom stereocenters. The number of Topliss-reactive ketones (excluding diaryl/α,β-unsaturated/α-hetero) is 1. The van der Waals surface area contributed by atoms with Crippen LogP contribution >= 0.6 is 12.2 Å². The molecule has 3 rings (SSSR count). The number of para-hydroxylation sites is 2. The van der Waals surface area contributed by atoms with Crippen molar-refractivity contribution in [2.24, 2.45) is 0 Å². The van der Waals surface area contributed by atoms with E-state index in [1.54, 1.807) is 25.3 Å². The van der Waals surface area contributed by atoms with Crippen molar-refractivity contribution in [1.82, 2.24) is 14.5 Å². The molecule has 2 aromatic carbocycles. The summed E-state index contributed by atoms with van der Waals surface area (Å²) < 4.78 is 21.8. The van der Waals surface area contributed by atoms with Gasteiger partial charge in [-0.3, -0.25) is 10.2 Å². The lowest BCUT2D eigenvalue weighted by Gasteiger charge is -2.11. The minimum absolute atomic E-state index is 0.0276. The van der Waals surface area contributed by atoms with Crippen molar-refractivity contribution in [2.45, 2.75) is 6.54 Å². The fourth-order valence-electron chi connectivity index (χ4n) is 2.40.